The molecule has 3 aromatic heterocycles. The molecule has 4 rings (SSSR count). The number of benzene rings is 1. The predicted octanol–water partition coefficient (Wildman–Crippen LogP) is 4.66. The normalized spacial score (nSPS) is 11.8. The number of nitrogens with two attached hydrogens (primary N) is 1. The largest absolute Gasteiger partial charge is 0.399 e. The third kappa shape index (κ3) is 4.55. The van der Waals surface area contributed by atoms with Crippen LogP contribution in [0.1, 0.15) is 27.7 Å². The number of imidazole rings is 1. The Labute approximate surface area is 187 Å². The van der Waals surface area contributed by atoms with Crippen LogP contribution in [-0.4, -0.2) is 49.6 Å². The van der Waals surface area contributed by atoms with Crippen molar-refractivity contribution >= 4 is 34.0 Å². The van der Waals surface area contributed by atoms with Gasteiger partial charge in [0.05, 0.1) is 5.69 Å². The highest BCUT2D eigenvalue weighted by molar-refractivity contribution is 7.08. The maximum atomic E-state index is 6.01. The summed E-state index contributed by atoms with van der Waals surface area (Å²) >= 11 is 1.65. The molecular formula is C23H29N7S. The van der Waals surface area contributed by atoms with Gasteiger partial charge in [0.2, 0.25) is 0 Å². The highest BCUT2D eigenvalue weighted by atomic mass is 32.1. The summed E-state index contributed by atoms with van der Waals surface area (Å²) < 4.78 is 2.00. The van der Waals surface area contributed by atoms with Crippen molar-refractivity contribution in [3.8, 4) is 17.1 Å². The van der Waals surface area contributed by atoms with E-state index in [1.165, 1.54) is 0 Å². The summed E-state index contributed by atoms with van der Waals surface area (Å²) in [5, 5.41) is 7.65. The molecule has 0 unspecified atom stereocenters. The van der Waals surface area contributed by atoms with Crippen molar-refractivity contribution in [3.63, 3.8) is 0 Å². The third-order valence-electron chi connectivity index (χ3n) is 5.31. The van der Waals surface area contributed by atoms with E-state index in [2.05, 4.69) is 54.3 Å². The van der Waals surface area contributed by atoms with E-state index in [1.54, 1.807) is 11.3 Å². The highest BCUT2D eigenvalue weighted by Crippen LogP contribution is 2.27. The molecule has 3 heterocycles. The molecule has 0 bridgehead atoms. The predicted molar refractivity (Wildman–Crippen MR) is 130 cm³/mol. The molecule has 0 aliphatic rings. The summed E-state index contributed by atoms with van der Waals surface area (Å²) in [6.07, 6.45) is 1.81. The number of nitrogens with zero attached hydrogens (tertiary/aromatic N) is 5. The van der Waals surface area contributed by atoms with Crippen LogP contribution in [0.3, 0.4) is 0 Å². The van der Waals surface area contributed by atoms with Crippen LogP contribution in [0.5, 0.6) is 0 Å². The molecule has 0 aliphatic heterocycles. The van der Waals surface area contributed by atoms with Crippen molar-refractivity contribution in [1.29, 1.82) is 0 Å². The summed E-state index contributed by atoms with van der Waals surface area (Å²) in [7, 11) is 0. The van der Waals surface area contributed by atoms with Gasteiger partial charge in [-0.1, -0.05) is 12.1 Å². The molecular weight excluding hydrogens is 406 g/mol. The number of thiophene rings is 1. The van der Waals surface area contributed by atoms with Crippen molar-refractivity contribution in [2.24, 2.45) is 0 Å². The van der Waals surface area contributed by atoms with Crippen LogP contribution < -0.4 is 11.1 Å². The van der Waals surface area contributed by atoms with Crippen LogP contribution in [0.2, 0.25) is 0 Å². The van der Waals surface area contributed by atoms with E-state index in [-0.39, 0.29) is 0 Å². The van der Waals surface area contributed by atoms with Gasteiger partial charge >= 0.3 is 0 Å². The fraction of sp³-hybridized carbons (Fsp3) is 0.348. The average molecular weight is 436 g/mol. The molecule has 3 N–H and O–H groups in total. The van der Waals surface area contributed by atoms with Gasteiger partial charge in [0, 0.05) is 41.8 Å². The number of anilines is 2. The van der Waals surface area contributed by atoms with E-state index in [1.807, 2.05) is 40.5 Å². The first kappa shape index (κ1) is 21.3. The molecule has 7 nitrogen and oxygen atoms in total. The zero-order valence-corrected chi connectivity index (χ0v) is 19.2. The number of hydrogen-bond donors (Lipinski definition) is 2. The SMILES string of the molecule is CC(C)N(CCNc1nc(-c2cccc(N)c2)nc2c1ncn2-c1ccsc1)C(C)C. The molecule has 8 heteroatoms. The maximum Gasteiger partial charge on any atom is 0.170 e. The lowest BCUT2D eigenvalue weighted by molar-refractivity contribution is 0.182. The maximum absolute atomic E-state index is 6.01. The van der Waals surface area contributed by atoms with E-state index in [0.29, 0.717) is 23.6 Å². The molecule has 0 amide bonds. The third-order valence-corrected chi connectivity index (χ3v) is 5.99. The minimum Gasteiger partial charge on any atom is -0.399 e. The lowest BCUT2D eigenvalue weighted by Gasteiger charge is -2.30. The molecule has 0 radical (unpaired) electrons. The van der Waals surface area contributed by atoms with Crippen LogP contribution in [0.4, 0.5) is 11.5 Å². The summed E-state index contributed by atoms with van der Waals surface area (Å²) in [4.78, 5) is 16.8. The van der Waals surface area contributed by atoms with Crippen LogP contribution in [0, 0.1) is 0 Å². The molecule has 0 spiro atoms. The summed E-state index contributed by atoms with van der Waals surface area (Å²) in [5.74, 6) is 1.37. The second kappa shape index (κ2) is 9.03. The monoisotopic (exact) mass is 435 g/mol. The van der Waals surface area contributed by atoms with Crippen molar-refractivity contribution in [2.75, 3.05) is 24.1 Å². The van der Waals surface area contributed by atoms with E-state index in [4.69, 9.17) is 15.7 Å². The molecule has 0 atom stereocenters. The average Bonchev–Trinajstić information content (AvgIpc) is 3.39. The number of fused-ring (bicyclic) bond motifs is 1. The zero-order chi connectivity index (χ0) is 22.0. The van der Waals surface area contributed by atoms with Crippen LogP contribution in [-0.2, 0) is 0 Å². The van der Waals surface area contributed by atoms with Gasteiger partial charge in [-0.3, -0.25) is 9.47 Å². The van der Waals surface area contributed by atoms with Gasteiger partial charge < -0.3 is 11.1 Å². The lowest BCUT2D eigenvalue weighted by Crippen LogP contribution is -2.40. The number of hydrogen-bond acceptors (Lipinski definition) is 7. The molecule has 0 aliphatic carbocycles. The van der Waals surface area contributed by atoms with E-state index in [9.17, 15) is 0 Å². The number of nitrogen functional groups attached to an aromatic ring is 1. The Morgan fingerprint density at radius 3 is 2.61 bits per heavy atom. The van der Waals surface area contributed by atoms with Crippen LogP contribution >= 0.6 is 11.3 Å². The van der Waals surface area contributed by atoms with Crippen molar-refractivity contribution in [1.82, 2.24) is 24.4 Å². The molecule has 0 saturated heterocycles. The van der Waals surface area contributed by atoms with Gasteiger partial charge in [0.25, 0.3) is 0 Å². The van der Waals surface area contributed by atoms with E-state index >= 15 is 0 Å². The molecule has 162 valence electrons. The van der Waals surface area contributed by atoms with Crippen molar-refractivity contribution in [2.45, 2.75) is 39.8 Å². The Morgan fingerprint density at radius 2 is 1.94 bits per heavy atom. The Balaban J connectivity index is 1.73. The van der Waals surface area contributed by atoms with Gasteiger partial charge in [0.15, 0.2) is 22.8 Å². The summed E-state index contributed by atoms with van der Waals surface area (Å²) in [6.45, 7) is 10.6. The molecule has 0 fully saturated rings. The minimum absolute atomic E-state index is 0.480. The fourth-order valence-electron chi connectivity index (χ4n) is 3.83. The zero-order valence-electron chi connectivity index (χ0n) is 18.4. The standard InChI is InChI=1S/C23H29N7S/c1-15(2)29(16(3)4)10-9-25-22-20-23(30(14-26-20)19-8-11-31-13-19)28-21(27-22)17-6-5-7-18(24)12-17/h5-8,11-16H,9-10,24H2,1-4H3,(H,25,27,28). The lowest BCUT2D eigenvalue weighted by atomic mass is 10.2. The second-order valence-electron chi connectivity index (χ2n) is 8.14. The first-order chi connectivity index (χ1) is 14.9. The van der Waals surface area contributed by atoms with Crippen LogP contribution in [0.25, 0.3) is 28.2 Å². The smallest absolute Gasteiger partial charge is 0.170 e. The fourth-order valence-corrected chi connectivity index (χ4v) is 4.46. The van der Waals surface area contributed by atoms with Gasteiger partial charge in [0.1, 0.15) is 6.33 Å². The number of aromatic nitrogens is 4. The minimum atomic E-state index is 0.480. The Hall–Kier alpha value is -2.97. The van der Waals surface area contributed by atoms with Gasteiger partial charge in [-0.25, -0.2) is 15.0 Å². The molecule has 0 saturated carbocycles. The highest BCUT2D eigenvalue weighted by Gasteiger charge is 2.17. The van der Waals surface area contributed by atoms with E-state index < -0.39 is 0 Å². The van der Waals surface area contributed by atoms with Crippen LogP contribution in [0.15, 0.2) is 47.4 Å². The van der Waals surface area contributed by atoms with E-state index in [0.717, 1.165) is 41.3 Å². The Morgan fingerprint density at radius 1 is 1.13 bits per heavy atom. The van der Waals surface area contributed by atoms with Crippen molar-refractivity contribution in [3.05, 3.63) is 47.4 Å². The van der Waals surface area contributed by atoms with Gasteiger partial charge in [-0.05, 0) is 51.3 Å². The van der Waals surface area contributed by atoms with Gasteiger partial charge in [-0.2, -0.15) is 11.3 Å². The molecule has 31 heavy (non-hydrogen) atoms. The number of nitrogens with one attached hydrogen (secondary N) is 1. The molecule has 1 aromatic carbocycles. The number of rotatable bonds is 8. The quantitative estimate of drug-likeness (QED) is 0.392. The summed E-state index contributed by atoms with van der Waals surface area (Å²) in [5.41, 5.74) is 10.2. The first-order valence-corrected chi connectivity index (χ1v) is 11.5. The summed E-state index contributed by atoms with van der Waals surface area (Å²) in [6, 6.07) is 10.7. The molecule has 4 aromatic rings. The Kier molecular flexibility index (Phi) is 6.20. The van der Waals surface area contributed by atoms with Crippen molar-refractivity contribution < 1.29 is 0 Å². The Bertz CT molecular complexity index is 1140. The second-order valence-corrected chi connectivity index (χ2v) is 8.92. The van der Waals surface area contributed by atoms with Gasteiger partial charge in [-0.15, -0.1) is 0 Å². The topological polar surface area (TPSA) is 84.9 Å². The first-order valence-electron chi connectivity index (χ1n) is 10.6.